The van der Waals surface area contributed by atoms with Crippen LogP contribution in [0.15, 0.2) is 22.8 Å². The maximum Gasteiger partial charge on any atom is 0.511 e. The molecule has 3 rings (SSSR count). The summed E-state index contributed by atoms with van der Waals surface area (Å²) in [7, 11) is 0. The number of ether oxygens (including phenoxy) is 3. The molecule has 0 aliphatic heterocycles. The lowest BCUT2D eigenvalue weighted by molar-refractivity contribution is -0.121. The number of esters is 1. The first-order chi connectivity index (χ1) is 12.0. The van der Waals surface area contributed by atoms with E-state index in [0.717, 1.165) is 25.7 Å². The summed E-state index contributed by atoms with van der Waals surface area (Å²) in [6, 6.07) is 3.26. The molecule has 25 heavy (non-hydrogen) atoms. The zero-order valence-electron chi connectivity index (χ0n) is 14.4. The number of hydrogen-bond acceptors (Lipinski definition) is 6. The van der Waals surface area contributed by atoms with Gasteiger partial charge in [-0.2, -0.15) is 0 Å². The van der Waals surface area contributed by atoms with Crippen LogP contribution in [0.2, 0.25) is 0 Å². The lowest BCUT2D eigenvalue weighted by Crippen LogP contribution is -2.31. The fourth-order valence-electron chi connectivity index (χ4n) is 2.87. The third-order valence-corrected chi connectivity index (χ3v) is 4.25. The van der Waals surface area contributed by atoms with Crippen LogP contribution in [0.4, 0.5) is 4.79 Å². The molecule has 2 aromatic rings. The van der Waals surface area contributed by atoms with Crippen LogP contribution in [0, 0.1) is 5.92 Å². The van der Waals surface area contributed by atoms with Crippen LogP contribution >= 0.6 is 0 Å². The highest BCUT2D eigenvalue weighted by Gasteiger charge is 2.27. The van der Waals surface area contributed by atoms with Crippen LogP contribution in [0.3, 0.4) is 0 Å². The van der Waals surface area contributed by atoms with Gasteiger partial charge in [0.25, 0.3) is 6.29 Å². The van der Waals surface area contributed by atoms with Gasteiger partial charge in [-0.25, -0.2) is 9.59 Å². The first-order valence-electron chi connectivity index (χ1n) is 8.67. The summed E-state index contributed by atoms with van der Waals surface area (Å²) >= 11 is 0. The highest BCUT2D eigenvalue weighted by atomic mass is 16.8. The Morgan fingerprint density at radius 3 is 2.64 bits per heavy atom. The largest absolute Gasteiger partial charge is 0.511 e. The van der Waals surface area contributed by atoms with Crippen LogP contribution in [0.25, 0.3) is 11.1 Å². The molecule has 1 saturated carbocycles. The second kappa shape index (κ2) is 7.63. The van der Waals surface area contributed by atoms with E-state index in [1.54, 1.807) is 26.0 Å². The molecule has 1 aliphatic carbocycles. The zero-order chi connectivity index (χ0) is 17.8. The van der Waals surface area contributed by atoms with E-state index in [9.17, 15) is 9.59 Å². The Bertz CT molecular complexity index is 696. The van der Waals surface area contributed by atoms with Crippen molar-refractivity contribution < 1.29 is 28.2 Å². The van der Waals surface area contributed by atoms with Gasteiger partial charge in [-0.15, -0.1) is 0 Å². The van der Waals surface area contributed by atoms with Crippen LogP contribution in [0.1, 0.15) is 56.4 Å². The second-order valence-corrected chi connectivity index (χ2v) is 6.64. The molecule has 2 aromatic heterocycles. The van der Waals surface area contributed by atoms with Gasteiger partial charge in [0, 0.05) is 18.1 Å². The molecule has 1 N–H and O–H groups in total. The minimum atomic E-state index is -1.02. The number of fused-ring (bicyclic) bond motifs is 1. The quantitative estimate of drug-likeness (QED) is 0.636. The Hall–Kier alpha value is -2.44. The lowest BCUT2D eigenvalue weighted by atomic mass is 9.98. The monoisotopic (exact) mass is 349 g/mol. The molecule has 7 nitrogen and oxygen atoms in total. The SMILES string of the molecule is CC(C)C(OC(=O)OC1CCCCC1)OC(=O)c1cc2occc2[nH]1. The molecule has 0 aromatic carbocycles. The van der Waals surface area contributed by atoms with Gasteiger partial charge in [-0.1, -0.05) is 20.3 Å². The third kappa shape index (κ3) is 4.35. The van der Waals surface area contributed by atoms with Crippen LogP contribution < -0.4 is 0 Å². The van der Waals surface area contributed by atoms with Crippen molar-refractivity contribution in [2.45, 2.75) is 58.3 Å². The van der Waals surface area contributed by atoms with Gasteiger partial charge >= 0.3 is 12.1 Å². The van der Waals surface area contributed by atoms with Crippen molar-refractivity contribution in [2.75, 3.05) is 0 Å². The number of hydrogen-bond donors (Lipinski definition) is 1. The summed E-state index contributed by atoms with van der Waals surface area (Å²) in [5.74, 6) is -0.823. The average molecular weight is 349 g/mol. The number of furan rings is 1. The number of aromatic amines is 1. The predicted octanol–water partition coefficient (Wildman–Crippen LogP) is 4.39. The molecule has 0 amide bonds. The summed E-state index contributed by atoms with van der Waals surface area (Å²) < 4.78 is 21.1. The molecule has 0 radical (unpaired) electrons. The van der Waals surface area contributed by atoms with E-state index in [-0.39, 0.29) is 17.7 Å². The van der Waals surface area contributed by atoms with Gasteiger partial charge in [0.05, 0.1) is 11.8 Å². The van der Waals surface area contributed by atoms with Crippen molar-refractivity contribution >= 4 is 23.2 Å². The topological polar surface area (TPSA) is 90.8 Å². The van der Waals surface area contributed by atoms with E-state index < -0.39 is 18.4 Å². The van der Waals surface area contributed by atoms with Gasteiger partial charge in [-0.3, -0.25) is 0 Å². The number of rotatable bonds is 5. The molecular formula is C18H23NO6. The van der Waals surface area contributed by atoms with Crippen molar-refractivity contribution in [1.82, 2.24) is 4.98 Å². The maximum absolute atomic E-state index is 12.3. The number of aromatic nitrogens is 1. The van der Waals surface area contributed by atoms with Gasteiger partial charge in [-0.05, 0) is 25.7 Å². The minimum absolute atomic E-state index is 0.111. The van der Waals surface area contributed by atoms with Crippen LogP contribution in [-0.2, 0) is 14.2 Å². The van der Waals surface area contributed by atoms with Gasteiger partial charge < -0.3 is 23.6 Å². The van der Waals surface area contributed by atoms with E-state index in [4.69, 9.17) is 18.6 Å². The zero-order valence-corrected chi connectivity index (χ0v) is 14.4. The molecule has 2 heterocycles. The Morgan fingerprint density at radius 2 is 1.96 bits per heavy atom. The van der Waals surface area contributed by atoms with E-state index in [2.05, 4.69) is 4.98 Å². The fraction of sp³-hybridized carbons (Fsp3) is 0.556. The smallest absolute Gasteiger partial charge is 0.463 e. The van der Waals surface area contributed by atoms with Crippen molar-refractivity contribution in [3.05, 3.63) is 24.1 Å². The normalized spacial score (nSPS) is 16.8. The van der Waals surface area contributed by atoms with E-state index in [1.807, 2.05) is 0 Å². The van der Waals surface area contributed by atoms with E-state index >= 15 is 0 Å². The molecular weight excluding hydrogens is 326 g/mol. The highest BCUT2D eigenvalue weighted by Crippen LogP contribution is 2.22. The summed E-state index contributed by atoms with van der Waals surface area (Å²) in [5, 5.41) is 0. The number of carbonyl (C=O) groups excluding carboxylic acids is 2. The molecule has 0 saturated heterocycles. The molecule has 1 fully saturated rings. The molecule has 136 valence electrons. The van der Waals surface area contributed by atoms with Crippen LogP contribution in [-0.4, -0.2) is 29.5 Å². The number of nitrogens with one attached hydrogen (secondary N) is 1. The van der Waals surface area contributed by atoms with Gasteiger partial charge in [0.1, 0.15) is 11.8 Å². The summed E-state index contributed by atoms with van der Waals surface area (Å²) in [6.45, 7) is 3.60. The molecule has 0 spiro atoms. The lowest BCUT2D eigenvalue weighted by Gasteiger charge is -2.24. The second-order valence-electron chi connectivity index (χ2n) is 6.64. The summed E-state index contributed by atoms with van der Waals surface area (Å²) in [4.78, 5) is 27.2. The third-order valence-electron chi connectivity index (χ3n) is 4.25. The molecule has 7 heteroatoms. The summed E-state index contributed by atoms with van der Waals surface area (Å²) in [6.07, 6.45) is 4.57. The molecule has 1 unspecified atom stereocenters. The standard InChI is InChI=1S/C18H23NO6/c1-11(2)17(25-18(21)23-12-6-4-3-5-7-12)24-16(20)14-10-15-13(19-14)8-9-22-15/h8-12,17,19H,3-7H2,1-2H3. The van der Waals surface area contributed by atoms with Crippen molar-refractivity contribution in [2.24, 2.45) is 5.92 Å². The van der Waals surface area contributed by atoms with E-state index in [0.29, 0.717) is 11.1 Å². The first-order valence-corrected chi connectivity index (χ1v) is 8.67. The first kappa shape index (κ1) is 17.4. The fourth-order valence-corrected chi connectivity index (χ4v) is 2.87. The Kier molecular flexibility index (Phi) is 5.31. The molecule has 0 bridgehead atoms. The van der Waals surface area contributed by atoms with Crippen molar-refractivity contribution in [3.8, 4) is 0 Å². The molecule has 1 aliphatic rings. The Labute approximate surface area is 145 Å². The summed E-state index contributed by atoms with van der Waals surface area (Å²) in [5.41, 5.74) is 1.50. The maximum atomic E-state index is 12.3. The predicted molar refractivity (Wildman–Crippen MR) is 89.0 cm³/mol. The Balaban J connectivity index is 1.57. The van der Waals surface area contributed by atoms with Crippen molar-refractivity contribution in [1.29, 1.82) is 0 Å². The van der Waals surface area contributed by atoms with Crippen LogP contribution in [0.5, 0.6) is 0 Å². The highest BCUT2D eigenvalue weighted by molar-refractivity contribution is 5.93. The molecule has 1 atom stereocenters. The van der Waals surface area contributed by atoms with Gasteiger partial charge in [0.15, 0.2) is 5.58 Å². The Morgan fingerprint density at radius 1 is 1.20 bits per heavy atom. The van der Waals surface area contributed by atoms with Gasteiger partial charge in [0.2, 0.25) is 0 Å². The minimum Gasteiger partial charge on any atom is -0.463 e. The number of H-pyrrole nitrogens is 1. The average Bonchev–Trinajstić information content (AvgIpc) is 3.16. The number of carbonyl (C=O) groups is 2. The van der Waals surface area contributed by atoms with Crippen molar-refractivity contribution in [3.63, 3.8) is 0 Å². The van der Waals surface area contributed by atoms with E-state index in [1.165, 1.54) is 12.7 Å².